The number of aryl methyl sites for hydroxylation is 2. The van der Waals surface area contributed by atoms with Gasteiger partial charge in [0.1, 0.15) is 10.6 Å². The van der Waals surface area contributed by atoms with Crippen LogP contribution in [0.15, 0.2) is 64.5 Å². The van der Waals surface area contributed by atoms with Crippen LogP contribution in [0.4, 0.5) is 17.6 Å². The Hall–Kier alpha value is -2.85. The third-order valence-electron chi connectivity index (χ3n) is 5.77. The van der Waals surface area contributed by atoms with Gasteiger partial charge in [0, 0.05) is 10.6 Å². The van der Waals surface area contributed by atoms with Gasteiger partial charge in [-0.15, -0.1) is 11.3 Å². The molecule has 0 saturated carbocycles. The second-order valence-corrected chi connectivity index (χ2v) is 10.2. The highest BCUT2D eigenvalue weighted by atomic mass is 32.2. The molecule has 2 heterocycles. The highest BCUT2D eigenvalue weighted by Crippen LogP contribution is 2.36. The van der Waals surface area contributed by atoms with Crippen molar-refractivity contribution in [1.29, 1.82) is 0 Å². The minimum absolute atomic E-state index is 0.0962. The van der Waals surface area contributed by atoms with Gasteiger partial charge < -0.3 is 4.74 Å². The Morgan fingerprint density at radius 2 is 1.77 bits per heavy atom. The number of hydrogen-bond donors (Lipinski definition) is 0. The largest absolute Gasteiger partial charge is 0.461 e. The van der Waals surface area contributed by atoms with E-state index >= 15 is 0 Å². The summed E-state index contributed by atoms with van der Waals surface area (Å²) in [5.74, 6) is 0.0374. The number of thiophene rings is 1. The van der Waals surface area contributed by atoms with Crippen molar-refractivity contribution in [2.24, 2.45) is 0 Å². The number of halogens is 4. The van der Waals surface area contributed by atoms with Crippen LogP contribution >= 0.6 is 23.1 Å². The van der Waals surface area contributed by atoms with Crippen LogP contribution in [0.25, 0.3) is 15.9 Å². The van der Waals surface area contributed by atoms with Crippen LogP contribution in [0, 0.1) is 0 Å². The van der Waals surface area contributed by atoms with Gasteiger partial charge in [-0.2, -0.15) is 17.6 Å². The summed E-state index contributed by atoms with van der Waals surface area (Å²) in [6.07, 6.45) is -4.46. The number of benzene rings is 2. The van der Waals surface area contributed by atoms with Crippen LogP contribution in [0.5, 0.6) is 5.75 Å². The van der Waals surface area contributed by atoms with Gasteiger partial charge in [-0.1, -0.05) is 42.1 Å². The number of aromatic nitrogens is 2. The van der Waals surface area contributed by atoms with Crippen molar-refractivity contribution in [1.82, 2.24) is 9.55 Å². The first kappa shape index (κ1) is 23.9. The molecule has 4 nitrogen and oxygen atoms in total. The smallest absolute Gasteiger partial charge is 0.428 e. The second-order valence-electron chi connectivity index (χ2n) is 8.16. The molecule has 0 unspecified atom stereocenters. The number of thioether (sulfide) groups is 1. The van der Waals surface area contributed by atoms with Crippen LogP contribution in [-0.2, 0) is 18.6 Å². The summed E-state index contributed by atoms with van der Waals surface area (Å²) in [6.45, 7) is 0. The maximum absolute atomic E-state index is 13.7. The molecule has 0 aliphatic heterocycles. The summed E-state index contributed by atoms with van der Waals surface area (Å²) >= 11 is 2.92. The van der Waals surface area contributed by atoms with Gasteiger partial charge in [-0.05, 0) is 61.1 Å². The first-order valence-corrected chi connectivity index (χ1v) is 12.8. The lowest BCUT2D eigenvalue weighted by atomic mass is 9.97. The van der Waals surface area contributed by atoms with Crippen LogP contribution in [0.3, 0.4) is 0 Å². The molecule has 0 amide bonds. The summed E-state index contributed by atoms with van der Waals surface area (Å²) in [7, 11) is 0. The average molecular weight is 521 g/mol. The Morgan fingerprint density at radius 3 is 2.49 bits per heavy atom. The first-order valence-electron chi connectivity index (χ1n) is 11.0. The van der Waals surface area contributed by atoms with E-state index < -0.39 is 12.5 Å². The molecule has 182 valence electrons. The van der Waals surface area contributed by atoms with Crippen molar-refractivity contribution in [3.63, 3.8) is 0 Å². The zero-order chi connectivity index (χ0) is 24.6. The molecule has 2 aromatic carbocycles. The molecule has 4 aromatic rings. The molecule has 0 saturated heterocycles. The van der Waals surface area contributed by atoms with Crippen molar-refractivity contribution in [3.05, 3.63) is 81.0 Å². The molecule has 0 bridgehead atoms. The lowest BCUT2D eigenvalue weighted by Crippen LogP contribution is -2.33. The summed E-state index contributed by atoms with van der Waals surface area (Å²) in [4.78, 5) is 20.5. The summed E-state index contributed by atoms with van der Waals surface area (Å²) < 4.78 is 56.8. The van der Waals surface area contributed by atoms with Crippen LogP contribution in [0.1, 0.15) is 28.8 Å². The fraction of sp³-hybridized carbons (Fsp3) is 0.280. The average Bonchev–Trinajstić information content (AvgIpc) is 3.22. The zero-order valence-corrected chi connectivity index (χ0v) is 20.0. The SMILES string of the molecule is O=c1c2c3c(sc2nc(SCc2ccc(OC(F)(F)C(F)F)cc2)n1-c1ccccc1)CCCC3. The highest BCUT2D eigenvalue weighted by molar-refractivity contribution is 7.98. The molecule has 5 rings (SSSR count). The molecular formula is C25H20F4N2O2S2. The number of alkyl halides is 4. The fourth-order valence-electron chi connectivity index (χ4n) is 4.09. The number of hydrogen-bond acceptors (Lipinski definition) is 5. The lowest BCUT2D eigenvalue weighted by molar-refractivity contribution is -0.253. The minimum Gasteiger partial charge on any atom is -0.428 e. The molecule has 0 N–H and O–H groups in total. The maximum Gasteiger partial charge on any atom is 0.461 e. The van der Waals surface area contributed by atoms with E-state index in [9.17, 15) is 22.4 Å². The molecule has 0 fully saturated rings. The van der Waals surface area contributed by atoms with Crippen LogP contribution < -0.4 is 10.3 Å². The van der Waals surface area contributed by atoms with Crippen molar-refractivity contribution in [2.75, 3.05) is 0 Å². The van der Waals surface area contributed by atoms with E-state index in [0.29, 0.717) is 22.0 Å². The molecule has 1 aliphatic carbocycles. The van der Waals surface area contributed by atoms with Crippen molar-refractivity contribution in [2.45, 2.75) is 49.1 Å². The summed E-state index contributed by atoms with van der Waals surface area (Å²) in [5, 5.41) is 1.22. The summed E-state index contributed by atoms with van der Waals surface area (Å²) in [6, 6.07) is 14.8. The van der Waals surface area contributed by atoms with Gasteiger partial charge in [0.2, 0.25) is 0 Å². The molecule has 0 atom stereocenters. The van der Waals surface area contributed by atoms with Gasteiger partial charge in [0.25, 0.3) is 5.56 Å². The predicted octanol–water partition coefficient (Wildman–Crippen LogP) is 6.86. The van der Waals surface area contributed by atoms with Gasteiger partial charge in [-0.3, -0.25) is 9.36 Å². The van der Waals surface area contributed by atoms with Gasteiger partial charge >= 0.3 is 12.5 Å². The maximum atomic E-state index is 13.7. The Balaban J connectivity index is 1.47. The van der Waals surface area contributed by atoms with E-state index in [0.717, 1.165) is 41.6 Å². The van der Waals surface area contributed by atoms with E-state index in [2.05, 4.69) is 4.74 Å². The molecule has 1 aliphatic rings. The van der Waals surface area contributed by atoms with E-state index in [-0.39, 0.29) is 11.3 Å². The van der Waals surface area contributed by atoms with Crippen molar-refractivity contribution in [3.8, 4) is 11.4 Å². The molecule has 0 spiro atoms. The Labute approximate surface area is 206 Å². The van der Waals surface area contributed by atoms with E-state index in [1.54, 1.807) is 15.9 Å². The monoisotopic (exact) mass is 520 g/mol. The van der Waals surface area contributed by atoms with E-state index in [4.69, 9.17) is 4.98 Å². The normalized spacial score (nSPS) is 13.9. The molecule has 35 heavy (non-hydrogen) atoms. The number of fused-ring (bicyclic) bond motifs is 3. The molecule has 0 radical (unpaired) electrons. The third kappa shape index (κ3) is 4.81. The van der Waals surface area contributed by atoms with E-state index in [1.807, 2.05) is 30.3 Å². The molecule has 10 heteroatoms. The van der Waals surface area contributed by atoms with Crippen molar-refractivity contribution < 1.29 is 22.3 Å². The number of ether oxygens (including phenoxy) is 1. The van der Waals surface area contributed by atoms with Gasteiger partial charge in [0.05, 0.1) is 11.1 Å². The Kier molecular flexibility index (Phi) is 6.59. The fourth-order valence-corrected chi connectivity index (χ4v) is 6.36. The third-order valence-corrected chi connectivity index (χ3v) is 7.97. The standard InChI is InChI=1S/C25H20F4N2O2S2/c26-23(27)25(28,29)33-17-12-10-15(11-13-17)14-34-24-30-21-20(18-8-4-5-9-19(18)35-21)22(32)31(24)16-6-2-1-3-7-16/h1-3,6-7,10-13,23H,4-5,8-9,14H2. The topological polar surface area (TPSA) is 44.1 Å². The lowest BCUT2D eigenvalue weighted by Gasteiger charge is -2.17. The van der Waals surface area contributed by atoms with Crippen LogP contribution in [-0.4, -0.2) is 22.1 Å². The predicted molar refractivity (Wildman–Crippen MR) is 129 cm³/mol. The van der Waals surface area contributed by atoms with Crippen molar-refractivity contribution >= 4 is 33.3 Å². The number of nitrogens with zero attached hydrogens (tertiary/aromatic N) is 2. The molecule has 2 aromatic heterocycles. The van der Waals surface area contributed by atoms with Gasteiger partial charge in [0.15, 0.2) is 5.16 Å². The first-order chi connectivity index (χ1) is 16.8. The number of para-hydroxylation sites is 1. The minimum atomic E-state index is -4.55. The van der Waals surface area contributed by atoms with Gasteiger partial charge in [-0.25, -0.2) is 4.98 Å². The summed E-state index contributed by atoms with van der Waals surface area (Å²) in [5.41, 5.74) is 2.47. The quantitative estimate of drug-likeness (QED) is 0.152. The second kappa shape index (κ2) is 9.66. The van der Waals surface area contributed by atoms with Crippen LogP contribution in [0.2, 0.25) is 0 Å². The van der Waals surface area contributed by atoms with E-state index in [1.165, 1.54) is 40.9 Å². The highest BCUT2D eigenvalue weighted by Gasteiger charge is 2.43. The Morgan fingerprint density at radius 1 is 1.06 bits per heavy atom. The Bertz CT molecular complexity index is 1400. The number of rotatable bonds is 7. The molecular weight excluding hydrogens is 500 g/mol. The zero-order valence-electron chi connectivity index (χ0n) is 18.3.